The van der Waals surface area contributed by atoms with Gasteiger partial charge in [0.15, 0.2) is 13.7 Å². The summed E-state index contributed by atoms with van der Waals surface area (Å²) in [5, 5.41) is 30.6. The first-order valence-corrected chi connectivity index (χ1v) is 14.1. The summed E-state index contributed by atoms with van der Waals surface area (Å²) in [5.74, 6) is -2.56. The van der Waals surface area contributed by atoms with Gasteiger partial charge >= 0.3 is 0 Å². The Morgan fingerprint density at radius 3 is 2.29 bits per heavy atom. The van der Waals surface area contributed by atoms with Crippen LogP contribution in [0, 0.1) is 6.92 Å². The van der Waals surface area contributed by atoms with Crippen molar-refractivity contribution in [3.63, 3.8) is 0 Å². The summed E-state index contributed by atoms with van der Waals surface area (Å²) in [7, 11) is 6.56. The number of rotatable bonds is 8. The van der Waals surface area contributed by atoms with Crippen molar-refractivity contribution in [1.29, 1.82) is 0 Å². The predicted octanol–water partition coefficient (Wildman–Crippen LogP) is 4.13. The molecule has 42 heavy (non-hydrogen) atoms. The van der Waals surface area contributed by atoms with Gasteiger partial charge in [0.1, 0.15) is 11.4 Å². The summed E-state index contributed by atoms with van der Waals surface area (Å²) in [4.78, 5) is 23.4. The molecular weight excluding hydrogens is 553 g/mol. The van der Waals surface area contributed by atoms with Crippen molar-refractivity contribution >= 4 is 37.2 Å². The number of amides is 1. The van der Waals surface area contributed by atoms with Crippen LogP contribution in [0.5, 0.6) is 5.75 Å². The van der Waals surface area contributed by atoms with Crippen LogP contribution < -0.4 is 9.80 Å². The minimum absolute atomic E-state index is 0.0260. The van der Waals surface area contributed by atoms with Crippen LogP contribution in [0.15, 0.2) is 60.9 Å². The summed E-state index contributed by atoms with van der Waals surface area (Å²) >= 11 is 6.57. The number of hydrogen-bond donors (Lipinski definition) is 3. The Morgan fingerprint density at radius 1 is 1.00 bits per heavy atom. The molecule has 1 amide bonds. The number of aromatic hydroxyl groups is 1. The van der Waals surface area contributed by atoms with E-state index in [-0.39, 0.29) is 16.3 Å². The topological polar surface area (TPSA) is 104 Å². The number of carbonyl (C=O) groups excluding carboxylic acids is 1. The maximum Gasteiger partial charge on any atom is 0.218 e. The molecule has 1 aliphatic rings. The molecule has 2 aromatic carbocycles. The highest BCUT2D eigenvalue weighted by Crippen LogP contribution is 2.40. The largest absolute Gasteiger partial charge is 0.505 e. The molecule has 0 aliphatic carbocycles. The van der Waals surface area contributed by atoms with Crippen molar-refractivity contribution in [2.24, 2.45) is 0 Å². The van der Waals surface area contributed by atoms with E-state index in [2.05, 4.69) is 47.7 Å². The molecule has 1 fully saturated rings. The highest BCUT2D eigenvalue weighted by molar-refractivity contribution is 6.34. The average Bonchev–Trinajstić information content (AvgIpc) is 2.94. The molecule has 0 bridgehead atoms. The van der Waals surface area contributed by atoms with Gasteiger partial charge in [-0.1, -0.05) is 29.8 Å². The molecule has 2 heterocycles. The summed E-state index contributed by atoms with van der Waals surface area (Å²) < 4.78 is 0. The normalized spacial score (nSPS) is 14.8. The van der Waals surface area contributed by atoms with Crippen LogP contribution in [0.4, 0.5) is 11.4 Å². The molecule has 3 N–H and O–H groups in total. The summed E-state index contributed by atoms with van der Waals surface area (Å²) in [6.45, 7) is 12.4. The van der Waals surface area contributed by atoms with Crippen LogP contribution in [0.3, 0.4) is 0 Å². The second-order valence-corrected chi connectivity index (χ2v) is 11.9. The number of nitrogens with zero attached hydrogens (tertiary/aromatic N) is 5. The van der Waals surface area contributed by atoms with Crippen molar-refractivity contribution in [2.75, 3.05) is 43.0 Å². The van der Waals surface area contributed by atoms with Gasteiger partial charge in [-0.25, -0.2) is 4.98 Å². The minimum atomic E-state index is -2.59. The lowest BCUT2D eigenvalue weighted by atomic mass is 9.99. The van der Waals surface area contributed by atoms with E-state index in [1.54, 1.807) is 24.3 Å². The van der Waals surface area contributed by atoms with Crippen LogP contribution >= 0.6 is 11.6 Å². The third-order valence-corrected chi connectivity index (χ3v) is 7.76. The molecule has 0 saturated carbocycles. The van der Waals surface area contributed by atoms with Gasteiger partial charge in [-0.15, -0.1) is 0 Å². The van der Waals surface area contributed by atoms with Gasteiger partial charge in [0, 0.05) is 73.7 Å². The number of benzene rings is 2. The van der Waals surface area contributed by atoms with Crippen molar-refractivity contribution in [2.45, 2.75) is 39.0 Å². The third-order valence-electron chi connectivity index (χ3n) is 7.45. The second-order valence-electron chi connectivity index (χ2n) is 11.5. The molecule has 11 heteroatoms. The first-order valence-electron chi connectivity index (χ1n) is 13.7. The Labute approximate surface area is 253 Å². The quantitative estimate of drug-likeness (QED) is 0.205. The molecule has 1 aliphatic heterocycles. The van der Waals surface area contributed by atoms with Crippen molar-refractivity contribution in [1.82, 2.24) is 14.8 Å². The number of halogens is 1. The van der Waals surface area contributed by atoms with Gasteiger partial charge < -0.3 is 25.1 Å². The van der Waals surface area contributed by atoms with Crippen LogP contribution in [0.25, 0.3) is 22.4 Å². The van der Waals surface area contributed by atoms with E-state index in [1.807, 2.05) is 19.1 Å². The zero-order valence-electron chi connectivity index (χ0n) is 24.6. The van der Waals surface area contributed by atoms with Crippen LogP contribution in [-0.2, 0) is 4.79 Å². The monoisotopic (exact) mass is 589 g/mol. The van der Waals surface area contributed by atoms with Crippen LogP contribution in [0.1, 0.15) is 26.5 Å². The molecule has 3 aromatic rings. The van der Waals surface area contributed by atoms with E-state index in [1.165, 1.54) is 24.3 Å². The van der Waals surface area contributed by atoms with Gasteiger partial charge in [-0.2, -0.15) is 0 Å². The zero-order valence-corrected chi connectivity index (χ0v) is 25.4. The molecule has 220 valence electrons. The number of piperazine rings is 1. The summed E-state index contributed by atoms with van der Waals surface area (Å²) in [5.41, 5.74) is 4.76. The Balaban J connectivity index is 1.62. The van der Waals surface area contributed by atoms with E-state index < -0.39 is 5.81 Å². The van der Waals surface area contributed by atoms with E-state index in [9.17, 15) is 20.1 Å². The number of pyridine rings is 1. The Morgan fingerprint density at radius 2 is 1.69 bits per heavy atom. The number of aliphatic hydroxyl groups is 2. The fourth-order valence-electron chi connectivity index (χ4n) is 4.91. The van der Waals surface area contributed by atoms with Gasteiger partial charge in [0.2, 0.25) is 6.41 Å². The second kappa shape index (κ2) is 12.3. The molecule has 1 saturated heterocycles. The lowest BCUT2D eigenvalue weighted by molar-refractivity contribution is -0.170. The highest BCUT2D eigenvalue weighted by Gasteiger charge is 2.26. The molecule has 0 atom stereocenters. The van der Waals surface area contributed by atoms with E-state index in [0.717, 1.165) is 48.0 Å². The number of anilines is 2. The van der Waals surface area contributed by atoms with E-state index in [0.29, 0.717) is 28.9 Å². The van der Waals surface area contributed by atoms with Crippen LogP contribution in [0.2, 0.25) is 5.02 Å². The Hall–Kier alpha value is -3.57. The van der Waals surface area contributed by atoms with Crippen LogP contribution in [-0.4, -0.2) is 88.9 Å². The molecule has 2 radical (unpaired) electrons. The zero-order chi connectivity index (χ0) is 30.8. The molecule has 1 aromatic heterocycles. The lowest BCUT2D eigenvalue weighted by Gasteiger charge is -2.43. The van der Waals surface area contributed by atoms with Crippen molar-refractivity contribution in [3.8, 4) is 28.1 Å². The Bertz CT molecular complexity index is 1460. The molecular formula is C31H37BClN5O4. The van der Waals surface area contributed by atoms with Gasteiger partial charge in [-0.05, 0) is 63.6 Å². The SMILES string of the molecule is [B]C(O)(O)N(C)/C=C\N(C=O)c1ccc(-c2cc(C)nc(-c3cccc(N4CCN(C(C)(C)C)CC4)c3)c2O)cc1Cl. The number of aryl methyl sites for hydroxylation is 1. The fraction of sp³-hybridized carbons (Fsp3) is 0.355. The number of carbonyl (C=O) groups is 1. The van der Waals surface area contributed by atoms with E-state index in [4.69, 9.17) is 19.4 Å². The van der Waals surface area contributed by atoms with Crippen molar-refractivity contribution in [3.05, 3.63) is 71.6 Å². The van der Waals surface area contributed by atoms with Gasteiger partial charge in [0.05, 0.1) is 10.7 Å². The van der Waals surface area contributed by atoms with Crippen molar-refractivity contribution < 1.29 is 20.1 Å². The summed E-state index contributed by atoms with van der Waals surface area (Å²) in [6.07, 6.45) is 3.05. The number of hydrogen-bond acceptors (Lipinski definition) is 8. The average molecular weight is 590 g/mol. The highest BCUT2D eigenvalue weighted by atomic mass is 35.5. The maximum absolute atomic E-state index is 11.8. The first kappa shape index (κ1) is 31.4. The molecule has 0 unspecified atom stereocenters. The number of aromatic nitrogens is 1. The predicted molar refractivity (Wildman–Crippen MR) is 168 cm³/mol. The maximum atomic E-state index is 11.8. The lowest BCUT2D eigenvalue weighted by Crippen LogP contribution is -2.53. The molecule has 9 nitrogen and oxygen atoms in total. The Kier molecular flexibility index (Phi) is 9.22. The first-order chi connectivity index (χ1) is 19.7. The van der Waals surface area contributed by atoms with Gasteiger partial charge in [0.25, 0.3) is 0 Å². The van der Waals surface area contributed by atoms with Gasteiger partial charge in [-0.3, -0.25) is 14.6 Å². The fourth-order valence-corrected chi connectivity index (χ4v) is 5.19. The third kappa shape index (κ3) is 7.07. The minimum Gasteiger partial charge on any atom is -0.505 e. The standard InChI is InChI=1S/C31H37BClN5O4/c1-21-17-25(22-9-10-27(26(33)19-22)37(20-39)12-11-35(5)31(32,41)42)29(40)28(34-21)23-7-6-8-24(18-23)36-13-15-38(16-14-36)30(2,3)4/h6-12,17-20,40-42H,13-16H2,1-5H3/b12-11-. The smallest absolute Gasteiger partial charge is 0.218 e. The molecule has 0 spiro atoms. The van der Waals surface area contributed by atoms with E-state index >= 15 is 0 Å². The molecule has 4 rings (SSSR count). The summed E-state index contributed by atoms with van der Waals surface area (Å²) in [6, 6.07) is 14.9.